The molecule has 0 amide bonds. The highest BCUT2D eigenvalue weighted by atomic mass is 16.4. The summed E-state index contributed by atoms with van der Waals surface area (Å²) in [5, 5.41) is 9.25. The molecule has 0 saturated heterocycles. The van der Waals surface area contributed by atoms with Crippen molar-refractivity contribution in [2.24, 2.45) is 0 Å². The Labute approximate surface area is 106 Å². The largest absolute Gasteiger partial charge is 0.481 e. The molecule has 2 rings (SSSR count). The summed E-state index contributed by atoms with van der Waals surface area (Å²) in [6.07, 6.45) is 0. The van der Waals surface area contributed by atoms with Gasteiger partial charge in [-0.15, -0.1) is 0 Å². The van der Waals surface area contributed by atoms with E-state index in [2.05, 4.69) is 16.5 Å². The van der Waals surface area contributed by atoms with Gasteiger partial charge < -0.3 is 9.67 Å². The molecule has 1 N–H and O–H groups in total. The second kappa shape index (κ2) is 4.12. The molecular formula is C14H18N2O2. The molecule has 1 aromatic heterocycles. The van der Waals surface area contributed by atoms with Crippen LogP contribution in [0, 0.1) is 6.92 Å². The standard InChI is InChI=1S/C14H18N2O2/c1-5-16-9(2)15-11-8-10(6-7-12(11)16)14(3,4)13(17)18/h6-8H,5H2,1-4H3,(H,17,18). The average Bonchev–Trinajstić information content (AvgIpc) is 2.62. The fourth-order valence-electron chi connectivity index (χ4n) is 2.16. The average molecular weight is 246 g/mol. The quantitative estimate of drug-likeness (QED) is 0.906. The van der Waals surface area contributed by atoms with E-state index in [-0.39, 0.29) is 0 Å². The summed E-state index contributed by atoms with van der Waals surface area (Å²) in [5.41, 5.74) is 1.81. The molecule has 0 fully saturated rings. The molecule has 0 aliphatic carbocycles. The Balaban J connectivity index is 2.62. The lowest BCUT2D eigenvalue weighted by atomic mass is 9.85. The minimum atomic E-state index is -0.891. The first-order valence-electron chi connectivity index (χ1n) is 6.08. The van der Waals surface area contributed by atoms with Crippen LogP contribution in [0.5, 0.6) is 0 Å². The topological polar surface area (TPSA) is 55.1 Å². The van der Waals surface area contributed by atoms with E-state index in [1.165, 1.54) is 0 Å². The van der Waals surface area contributed by atoms with Crippen molar-refractivity contribution in [3.63, 3.8) is 0 Å². The van der Waals surface area contributed by atoms with Gasteiger partial charge in [0.2, 0.25) is 0 Å². The maximum atomic E-state index is 11.3. The zero-order valence-corrected chi connectivity index (χ0v) is 11.2. The monoisotopic (exact) mass is 246 g/mol. The van der Waals surface area contributed by atoms with Gasteiger partial charge in [-0.2, -0.15) is 0 Å². The summed E-state index contributed by atoms with van der Waals surface area (Å²) in [7, 11) is 0. The highest BCUT2D eigenvalue weighted by molar-refractivity contribution is 5.84. The van der Waals surface area contributed by atoms with Crippen molar-refractivity contribution in [1.29, 1.82) is 0 Å². The van der Waals surface area contributed by atoms with E-state index >= 15 is 0 Å². The van der Waals surface area contributed by atoms with Crippen LogP contribution in [0.15, 0.2) is 18.2 Å². The minimum Gasteiger partial charge on any atom is -0.481 e. The number of carboxylic acids is 1. The van der Waals surface area contributed by atoms with Crippen LogP contribution in [-0.2, 0) is 16.8 Å². The Morgan fingerprint density at radius 1 is 1.44 bits per heavy atom. The fourth-order valence-corrected chi connectivity index (χ4v) is 2.16. The predicted molar refractivity (Wildman–Crippen MR) is 70.8 cm³/mol. The number of aryl methyl sites for hydroxylation is 2. The molecule has 0 spiro atoms. The first-order valence-corrected chi connectivity index (χ1v) is 6.08. The summed E-state index contributed by atoms with van der Waals surface area (Å²) < 4.78 is 2.12. The number of carbonyl (C=O) groups is 1. The van der Waals surface area contributed by atoms with Gasteiger partial charge in [-0.25, -0.2) is 4.98 Å². The van der Waals surface area contributed by atoms with Crippen molar-refractivity contribution in [3.05, 3.63) is 29.6 Å². The van der Waals surface area contributed by atoms with Crippen molar-refractivity contribution >= 4 is 17.0 Å². The number of fused-ring (bicyclic) bond motifs is 1. The third-order valence-corrected chi connectivity index (χ3v) is 3.51. The number of benzene rings is 1. The van der Waals surface area contributed by atoms with Crippen LogP contribution in [0.25, 0.3) is 11.0 Å². The van der Waals surface area contributed by atoms with Crippen molar-refractivity contribution in [1.82, 2.24) is 9.55 Å². The number of aliphatic carboxylic acids is 1. The van der Waals surface area contributed by atoms with Crippen molar-refractivity contribution in [3.8, 4) is 0 Å². The van der Waals surface area contributed by atoms with Crippen LogP contribution in [0.1, 0.15) is 32.2 Å². The number of carboxylic acid groups (broad SMARTS) is 1. The molecule has 0 aliphatic rings. The molecule has 1 heterocycles. The lowest BCUT2D eigenvalue weighted by molar-refractivity contribution is -0.142. The van der Waals surface area contributed by atoms with E-state index in [1.54, 1.807) is 13.8 Å². The molecule has 0 atom stereocenters. The van der Waals surface area contributed by atoms with Gasteiger partial charge in [-0.1, -0.05) is 6.07 Å². The normalized spacial score (nSPS) is 12.0. The molecule has 2 aromatic rings. The first-order chi connectivity index (χ1) is 8.37. The van der Waals surface area contributed by atoms with E-state index in [4.69, 9.17) is 0 Å². The van der Waals surface area contributed by atoms with Crippen LogP contribution >= 0.6 is 0 Å². The van der Waals surface area contributed by atoms with Gasteiger partial charge in [0, 0.05) is 6.54 Å². The van der Waals surface area contributed by atoms with Gasteiger partial charge in [-0.3, -0.25) is 4.79 Å². The van der Waals surface area contributed by atoms with Crippen molar-refractivity contribution in [2.45, 2.75) is 39.7 Å². The molecular weight excluding hydrogens is 228 g/mol. The third-order valence-electron chi connectivity index (χ3n) is 3.51. The number of imidazole rings is 1. The molecule has 96 valence electrons. The Morgan fingerprint density at radius 2 is 2.11 bits per heavy atom. The summed E-state index contributed by atoms with van der Waals surface area (Å²) >= 11 is 0. The van der Waals surface area contributed by atoms with Crippen molar-refractivity contribution < 1.29 is 9.90 Å². The summed E-state index contributed by atoms with van der Waals surface area (Å²) in [6.45, 7) is 8.32. The van der Waals surface area contributed by atoms with Crippen LogP contribution in [-0.4, -0.2) is 20.6 Å². The molecule has 0 saturated carbocycles. The smallest absolute Gasteiger partial charge is 0.313 e. The van der Waals surface area contributed by atoms with E-state index in [9.17, 15) is 9.90 Å². The molecule has 0 unspecified atom stereocenters. The fraction of sp³-hybridized carbons (Fsp3) is 0.429. The molecule has 18 heavy (non-hydrogen) atoms. The Kier molecular flexibility index (Phi) is 2.89. The molecule has 0 radical (unpaired) electrons. The second-order valence-corrected chi connectivity index (χ2v) is 5.04. The number of nitrogens with zero attached hydrogens (tertiary/aromatic N) is 2. The Bertz CT molecular complexity index is 612. The molecule has 4 heteroatoms. The van der Waals surface area contributed by atoms with Gasteiger partial charge in [0.05, 0.1) is 16.4 Å². The lowest BCUT2D eigenvalue weighted by Crippen LogP contribution is -2.28. The first kappa shape index (κ1) is 12.6. The minimum absolute atomic E-state index is 0.781. The maximum absolute atomic E-state index is 11.3. The zero-order valence-electron chi connectivity index (χ0n) is 11.2. The second-order valence-electron chi connectivity index (χ2n) is 5.04. The van der Waals surface area contributed by atoms with Gasteiger partial charge >= 0.3 is 5.97 Å². The van der Waals surface area contributed by atoms with Crippen LogP contribution < -0.4 is 0 Å². The summed E-state index contributed by atoms with van der Waals surface area (Å²) in [5.74, 6) is 0.131. The maximum Gasteiger partial charge on any atom is 0.313 e. The van der Waals surface area contributed by atoms with E-state index in [0.29, 0.717) is 0 Å². The van der Waals surface area contributed by atoms with Gasteiger partial charge in [0.1, 0.15) is 5.82 Å². The Morgan fingerprint density at radius 3 is 2.67 bits per heavy atom. The van der Waals surface area contributed by atoms with Crippen LogP contribution in [0.3, 0.4) is 0 Å². The molecule has 0 bridgehead atoms. The van der Waals surface area contributed by atoms with Crippen molar-refractivity contribution in [2.75, 3.05) is 0 Å². The van der Waals surface area contributed by atoms with E-state index in [1.807, 2.05) is 25.1 Å². The van der Waals surface area contributed by atoms with Gasteiger partial charge in [-0.05, 0) is 45.4 Å². The van der Waals surface area contributed by atoms with Gasteiger partial charge in [0.25, 0.3) is 0 Å². The number of rotatable bonds is 3. The highest BCUT2D eigenvalue weighted by Crippen LogP contribution is 2.27. The number of hydrogen-bond donors (Lipinski definition) is 1. The van der Waals surface area contributed by atoms with Crippen LogP contribution in [0.4, 0.5) is 0 Å². The zero-order chi connectivity index (χ0) is 13.5. The van der Waals surface area contributed by atoms with E-state index < -0.39 is 11.4 Å². The predicted octanol–water partition coefficient (Wildman–Crippen LogP) is 2.73. The number of hydrogen-bond acceptors (Lipinski definition) is 2. The molecule has 1 aromatic carbocycles. The van der Waals surface area contributed by atoms with Gasteiger partial charge in [0.15, 0.2) is 0 Å². The highest BCUT2D eigenvalue weighted by Gasteiger charge is 2.29. The third kappa shape index (κ3) is 1.78. The van der Waals surface area contributed by atoms with E-state index in [0.717, 1.165) is 29.0 Å². The Hall–Kier alpha value is -1.84. The summed E-state index contributed by atoms with van der Waals surface area (Å²) in [6, 6.07) is 5.71. The summed E-state index contributed by atoms with van der Waals surface area (Å²) in [4.78, 5) is 15.7. The SMILES string of the molecule is CCn1c(C)nc2cc(C(C)(C)C(=O)O)ccc21. The van der Waals surface area contributed by atoms with Crippen LogP contribution in [0.2, 0.25) is 0 Å². The lowest BCUT2D eigenvalue weighted by Gasteiger charge is -2.19. The molecule has 4 nitrogen and oxygen atoms in total. The molecule has 0 aliphatic heterocycles. The number of aromatic nitrogens is 2.